The molecule has 0 saturated carbocycles. The fourth-order valence-corrected chi connectivity index (χ4v) is 2.72. The van der Waals surface area contributed by atoms with Crippen molar-refractivity contribution in [3.8, 4) is 11.5 Å². The zero-order valence-corrected chi connectivity index (χ0v) is 12.4. The first-order valence-corrected chi connectivity index (χ1v) is 7.04. The third-order valence-electron chi connectivity index (χ3n) is 2.51. The van der Waals surface area contributed by atoms with Gasteiger partial charge in [0.05, 0.1) is 16.4 Å². The molecule has 0 atom stereocenters. The minimum Gasteiger partial charge on any atom is -0.500 e. The molecule has 1 heterocycles. The maximum absolute atomic E-state index is 11.6. The zero-order valence-electron chi connectivity index (χ0n) is 10.8. The number of thioether (sulfide) groups is 1. The molecular weight excluding hydrogens is 316 g/mol. The summed E-state index contributed by atoms with van der Waals surface area (Å²) < 4.78 is 5.49. The van der Waals surface area contributed by atoms with E-state index in [4.69, 9.17) is 17.0 Å². The van der Waals surface area contributed by atoms with Gasteiger partial charge in [-0.05, 0) is 24.6 Å². The highest BCUT2D eigenvalue weighted by molar-refractivity contribution is 8.26. The minimum atomic E-state index is -0.716. The van der Waals surface area contributed by atoms with Crippen LogP contribution in [0.25, 0.3) is 6.08 Å². The summed E-state index contributed by atoms with van der Waals surface area (Å²) in [6.07, 6.45) is 1.45. The number of benzene rings is 1. The minimum absolute atomic E-state index is 0.00969. The molecule has 2 N–H and O–H groups in total. The lowest BCUT2D eigenvalue weighted by atomic mass is 10.1. The lowest BCUT2D eigenvalue weighted by Crippen LogP contribution is -2.17. The normalized spacial score (nSPS) is 16.1. The molecule has 1 aliphatic heterocycles. The Morgan fingerprint density at radius 1 is 1.57 bits per heavy atom. The SMILES string of the molecule is CCOc1cc(/C=C2\SC(=S)NC2=O)cc([N+](=O)[O-])c1O. The Bertz CT molecular complexity index is 672. The lowest BCUT2D eigenvalue weighted by Gasteiger charge is -2.07. The third-order valence-corrected chi connectivity index (χ3v) is 3.68. The van der Waals surface area contributed by atoms with Crippen molar-refractivity contribution >= 4 is 46.0 Å². The van der Waals surface area contributed by atoms with Gasteiger partial charge >= 0.3 is 5.69 Å². The summed E-state index contributed by atoms with van der Waals surface area (Å²) in [5, 5.41) is 23.2. The number of carbonyl (C=O) groups excluding carboxylic acids is 1. The molecule has 0 radical (unpaired) electrons. The number of phenolic OH excluding ortho intramolecular Hbond substituents is 1. The van der Waals surface area contributed by atoms with E-state index >= 15 is 0 Å². The van der Waals surface area contributed by atoms with Gasteiger partial charge in [0.25, 0.3) is 5.91 Å². The molecule has 0 spiro atoms. The fourth-order valence-electron chi connectivity index (χ4n) is 1.67. The van der Waals surface area contributed by atoms with Gasteiger partial charge in [0.2, 0.25) is 5.75 Å². The summed E-state index contributed by atoms with van der Waals surface area (Å²) in [6, 6.07) is 2.59. The number of rotatable bonds is 4. The van der Waals surface area contributed by atoms with Crippen LogP contribution < -0.4 is 10.1 Å². The number of phenols is 1. The van der Waals surface area contributed by atoms with Crippen molar-refractivity contribution in [1.82, 2.24) is 5.32 Å². The Morgan fingerprint density at radius 2 is 2.29 bits per heavy atom. The van der Waals surface area contributed by atoms with Crippen LogP contribution in [0.4, 0.5) is 5.69 Å². The summed E-state index contributed by atoms with van der Waals surface area (Å²) in [4.78, 5) is 22.1. The van der Waals surface area contributed by atoms with Crippen molar-refractivity contribution in [3.05, 3.63) is 32.7 Å². The average molecular weight is 326 g/mol. The number of nitrogens with one attached hydrogen (secondary N) is 1. The molecule has 110 valence electrons. The number of aromatic hydroxyl groups is 1. The summed E-state index contributed by atoms with van der Waals surface area (Å²) in [7, 11) is 0. The van der Waals surface area contributed by atoms with Crippen LogP contribution in [0.3, 0.4) is 0 Å². The molecule has 0 aromatic heterocycles. The Balaban J connectivity index is 2.49. The molecule has 21 heavy (non-hydrogen) atoms. The second-order valence-electron chi connectivity index (χ2n) is 3.93. The van der Waals surface area contributed by atoms with Crippen LogP contribution in [0, 0.1) is 10.1 Å². The summed E-state index contributed by atoms with van der Waals surface area (Å²) in [5.74, 6) is -0.911. The Kier molecular flexibility index (Phi) is 4.43. The van der Waals surface area contributed by atoms with Crippen LogP contribution in [-0.2, 0) is 4.79 Å². The molecule has 1 aliphatic rings. The Morgan fingerprint density at radius 3 is 2.81 bits per heavy atom. The second-order valence-corrected chi connectivity index (χ2v) is 5.65. The van der Waals surface area contributed by atoms with Crippen LogP contribution in [0.15, 0.2) is 17.0 Å². The smallest absolute Gasteiger partial charge is 0.315 e. The molecule has 0 aliphatic carbocycles. The van der Waals surface area contributed by atoms with Gasteiger partial charge in [-0.3, -0.25) is 14.9 Å². The van der Waals surface area contributed by atoms with Crippen LogP contribution in [0.5, 0.6) is 11.5 Å². The first-order chi connectivity index (χ1) is 9.92. The number of nitro groups is 1. The van der Waals surface area contributed by atoms with Gasteiger partial charge in [-0.15, -0.1) is 0 Å². The number of hydrogen-bond donors (Lipinski definition) is 2. The molecule has 0 bridgehead atoms. The van der Waals surface area contributed by atoms with E-state index in [0.717, 1.165) is 11.8 Å². The summed E-state index contributed by atoms with van der Waals surface area (Å²) in [5.41, 5.74) is -0.121. The lowest BCUT2D eigenvalue weighted by molar-refractivity contribution is -0.386. The number of nitro benzene ring substituents is 1. The maximum Gasteiger partial charge on any atom is 0.315 e. The van der Waals surface area contributed by atoms with Crippen molar-refractivity contribution in [2.24, 2.45) is 0 Å². The molecule has 2 rings (SSSR count). The van der Waals surface area contributed by atoms with Gasteiger partial charge in [-0.25, -0.2) is 0 Å². The summed E-state index contributed by atoms with van der Waals surface area (Å²) in [6.45, 7) is 1.93. The van der Waals surface area contributed by atoms with E-state index in [-0.39, 0.29) is 18.3 Å². The largest absolute Gasteiger partial charge is 0.500 e. The van der Waals surface area contributed by atoms with Crippen LogP contribution in [0.1, 0.15) is 12.5 Å². The van der Waals surface area contributed by atoms with Crippen molar-refractivity contribution in [2.75, 3.05) is 6.61 Å². The van der Waals surface area contributed by atoms with Crippen LogP contribution >= 0.6 is 24.0 Å². The predicted molar refractivity (Wildman–Crippen MR) is 82.2 cm³/mol. The molecule has 1 amide bonds. The maximum atomic E-state index is 11.6. The standard InChI is InChI=1S/C12H10N2O5S2/c1-2-19-8-4-6(3-7(10(8)15)14(17)18)5-9-11(16)13-12(20)21-9/h3-5,15H,2H2,1H3,(H,13,16,20)/b9-5-. The third kappa shape index (κ3) is 3.31. The molecule has 1 aromatic rings. The monoisotopic (exact) mass is 326 g/mol. The van der Waals surface area contributed by atoms with E-state index in [0.29, 0.717) is 14.8 Å². The molecule has 1 saturated heterocycles. The first-order valence-electron chi connectivity index (χ1n) is 5.81. The van der Waals surface area contributed by atoms with Gasteiger partial charge in [0, 0.05) is 6.07 Å². The molecule has 0 unspecified atom stereocenters. The number of hydrogen-bond acceptors (Lipinski definition) is 7. The Hall–Kier alpha value is -2.13. The topological polar surface area (TPSA) is 102 Å². The van der Waals surface area contributed by atoms with E-state index in [1.807, 2.05) is 0 Å². The van der Waals surface area contributed by atoms with Crippen LogP contribution in [-0.4, -0.2) is 26.9 Å². The van der Waals surface area contributed by atoms with Gasteiger partial charge < -0.3 is 15.2 Å². The Labute approximate surface area is 129 Å². The fraction of sp³-hybridized carbons (Fsp3) is 0.167. The number of carbonyl (C=O) groups is 1. The van der Waals surface area contributed by atoms with E-state index < -0.39 is 16.4 Å². The molecule has 9 heteroatoms. The highest BCUT2D eigenvalue weighted by atomic mass is 32.2. The number of ether oxygens (including phenoxy) is 1. The predicted octanol–water partition coefficient (Wildman–Crippen LogP) is 2.19. The quantitative estimate of drug-likeness (QED) is 0.378. The number of nitrogens with zero attached hydrogens (tertiary/aromatic N) is 1. The number of thiocarbonyl (C=S) groups is 1. The highest BCUT2D eigenvalue weighted by Gasteiger charge is 2.24. The molecule has 1 fully saturated rings. The van der Waals surface area contributed by atoms with E-state index in [1.54, 1.807) is 6.92 Å². The van der Waals surface area contributed by atoms with Crippen molar-refractivity contribution in [3.63, 3.8) is 0 Å². The van der Waals surface area contributed by atoms with E-state index in [1.165, 1.54) is 18.2 Å². The average Bonchev–Trinajstić information content (AvgIpc) is 2.71. The van der Waals surface area contributed by atoms with E-state index in [9.17, 15) is 20.0 Å². The number of amides is 1. The highest BCUT2D eigenvalue weighted by Crippen LogP contribution is 2.38. The van der Waals surface area contributed by atoms with Crippen molar-refractivity contribution < 1.29 is 19.6 Å². The first kappa shape index (κ1) is 15.3. The molecule has 1 aromatic carbocycles. The van der Waals surface area contributed by atoms with Gasteiger partial charge in [0.1, 0.15) is 4.32 Å². The zero-order chi connectivity index (χ0) is 15.6. The summed E-state index contributed by atoms with van der Waals surface area (Å²) >= 11 is 5.93. The molecule has 7 nitrogen and oxygen atoms in total. The molecular formula is C12H10N2O5S2. The van der Waals surface area contributed by atoms with Gasteiger partial charge in [-0.1, -0.05) is 24.0 Å². The van der Waals surface area contributed by atoms with Crippen molar-refractivity contribution in [2.45, 2.75) is 6.92 Å². The van der Waals surface area contributed by atoms with Gasteiger partial charge in [0.15, 0.2) is 5.75 Å². The second kappa shape index (κ2) is 6.10. The van der Waals surface area contributed by atoms with Gasteiger partial charge in [-0.2, -0.15) is 0 Å². The van der Waals surface area contributed by atoms with E-state index in [2.05, 4.69) is 5.32 Å². The van der Waals surface area contributed by atoms with Crippen LogP contribution in [0.2, 0.25) is 0 Å². The van der Waals surface area contributed by atoms with Crippen molar-refractivity contribution in [1.29, 1.82) is 0 Å².